The molecule has 0 bridgehead atoms. The van der Waals surface area contributed by atoms with Gasteiger partial charge >= 0.3 is 0 Å². The van der Waals surface area contributed by atoms with Crippen molar-refractivity contribution in [1.29, 1.82) is 0 Å². The minimum Gasteiger partial charge on any atom is -0.340 e. The van der Waals surface area contributed by atoms with E-state index in [9.17, 15) is 4.79 Å². The summed E-state index contributed by atoms with van der Waals surface area (Å²) in [5, 5.41) is 10.7. The van der Waals surface area contributed by atoms with E-state index in [1.54, 1.807) is 11.8 Å². The standard InChI is InChI=1S/C27H32N6OS/c1-3-31-13-15-32(16-14-31)24(34)12-7-17-35-27-28-26-25(29-30-27)22-10-4-5-11-23(22)33(26)19-21-9-6-8-20(2)18-21/h4-6,8-11,18H,3,7,12-17,19H2,1-2H3. The molecule has 182 valence electrons. The molecule has 0 unspecified atom stereocenters. The highest BCUT2D eigenvalue weighted by Gasteiger charge is 2.20. The van der Waals surface area contributed by atoms with Gasteiger partial charge in [0.2, 0.25) is 11.1 Å². The van der Waals surface area contributed by atoms with Gasteiger partial charge in [0.25, 0.3) is 0 Å². The zero-order chi connectivity index (χ0) is 24.2. The summed E-state index contributed by atoms with van der Waals surface area (Å²) in [6.45, 7) is 9.72. The molecule has 1 saturated heterocycles. The van der Waals surface area contributed by atoms with E-state index in [1.807, 2.05) is 11.0 Å². The van der Waals surface area contributed by atoms with Crippen molar-refractivity contribution in [3.63, 3.8) is 0 Å². The number of amides is 1. The Morgan fingerprint density at radius 2 is 1.86 bits per heavy atom. The molecule has 0 radical (unpaired) electrons. The third-order valence-electron chi connectivity index (χ3n) is 6.72. The van der Waals surface area contributed by atoms with Crippen LogP contribution in [-0.2, 0) is 11.3 Å². The van der Waals surface area contributed by atoms with Crippen LogP contribution in [0.5, 0.6) is 0 Å². The number of likely N-dealkylation sites (N-methyl/N-ethyl adjacent to an activating group) is 1. The van der Waals surface area contributed by atoms with E-state index in [4.69, 9.17) is 4.98 Å². The Labute approximate surface area is 210 Å². The molecule has 35 heavy (non-hydrogen) atoms. The normalized spacial score (nSPS) is 14.7. The van der Waals surface area contributed by atoms with Gasteiger partial charge < -0.3 is 14.4 Å². The van der Waals surface area contributed by atoms with Crippen molar-refractivity contribution < 1.29 is 4.79 Å². The number of nitrogens with zero attached hydrogens (tertiary/aromatic N) is 6. The quantitative estimate of drug-likeness (QED) is 0.271. The lowest BCUT2D eigenvalue weighted by Gasteiger charge is -2.34. The van der Waals surface area contributed by atoms with Gasteiger partial charge in [-0.2, -0.15) is 0 Å². The summed E-state index contributed by atoms with van der Waals surface area (Å²) in [7, 11) is 0. The number of carbonyl (C=O) groups is 1. The maximum absolute atomic E-state index is 12.6. The Balaban J connectivity index is 1.27. The van der Waals surface area contributed by atoms with Crippen LogP contribution in [0, 0.1) is 6.92 Å². The summed E-state index contributed by atoms with van der Waals surface area (Å²) in [6.07, 6.45) is 1.38. The SMILES string of the molecule is CCN1CCN(C(=O)CCCSc2nnc3c4ccccc4n(Cc4cccc(C)c4)c3n2)CC1. The third-order valence-corrected chi connectivity index (χ3v) is 7.64. The number of carbonyl (C=O) groups excluding carboxylic acids is 1. The first kappa shape index (κ1) is 23.8. The summed E-state index contributed by atoms with van der Waals surface area (Å²) in [6, 6.07) is 16.9. The van der Waals surface area contributed by atoms with Crippen LogP contribution in [0.4, 0.5) is 0 Å². The van der Waals surface area contributed by atoms with Crippen LogP contribution >= 0.6 is 11.8 Å². The zero-order valence-corrected chi connectivity index (χ0v) is 21.3. The fourth-order valence-electron chi connectivity index (χ4n) is 4.76. The minimum absolute atomic E-state index is 0.258. The van der Waals surface area contributed by atoms with Crippen molar-refractivity contribution in [1.82, 2.24) is 29.5 Å². The monoisotopic (exact) mass is 488 g/mol. The molecule has 2 aromatic carbocycles. The maximum atomic E-state index is 12.6. The summed E-state index contributed by atoms with van der Waals surface area (Å²) in [5.74, 6) is 1.06. The lowest BCUT2D eigenvalue weighted by Crippen LogP contribution is -2.48. The lowest BCUT2D eigenvalue weighted by atomic mass is 10.1. The summed E-state index contributed by atoms with van der Waals surface area (Å²) < 4.78 is 2.23. The average Bonchev–Trinajstić information content (AvgIpc) is 3.19. The molecule has 4 aromatic rings. The number of para-hydroxylation sites is 1. The molecule has 0 saturated carbocycles. The van der Waals surface area contributed by atoms with Crippen LogP contribution in [-0.4, -0.2) is 73.9 Å². The van der Waals surface area contributed by atoms with Crippen molar-refractivity contribution in [2.75, 3.05) is 38.5 Å². The molecule has 0 aliphatic carbocycles. The molecule has 7 nitrogen and oxygen atoms in total. The molecule has 8 heteroatoms. The largest absolute Gasteiger partial charge is 0.340 e. The molecule has 1 amide bonds. The van der Waals surface area contributed by atoms with Gasteiger partial charge in [-0.25, -0.2) is 4.98 Å². The third kappa shape index (κ3) is 5.33. The highest BCUT2D eigenvalue weighted by Crippen LogP contribution is 2.28. The molecule has 2 aromatic heterocycles. The van der Waals surface area contributed by atoms with Crippen LogP contribution in [0.25, 0.3) is 22.1 Å². The molecule has 0 N–H and O–H groups in total. The Hall–Kier alpha value is -2.97. The molecular weight excluding hydrogens is 456 g/mol. The Morgan fingerprint density at radius 3 is 2.66 bits per heavy atom. The molecule has 1 aliphatic heterocycles. The first-order valence-corrected chi connectivity index (χ1v) is 13.4. The van der Waals surface area contributed by atoms with E-state index in [1.165, 1.54) is 11.1 Å². The van der Waals surface area contributed by atoms with Crippen LogP contribution in [0.1, 0.15) is 30.9 Å². The molecule has 0 spiro atoms. The van der Waals surface area contributed by atoms with Crippen molar-refractivity contribution >= 4 is 39.7 Å². The molecule has 1 aliphatic rings. The van der Waals surface area contributed by atoms with Crippen LogP contribution < -0.4 is 0 Å². The predicted molar refractivity (Wildman–Crippen MR) is 142 cm³/mol. The van der Waals surface area contributed by atoms with E-state index in [0.29, 0.717) is 11.6 Å². The van der Waals surface area contributed by atoms with E-state index in [0.717, 1.165) is 73.5 Å². The fraction of sp³-hybridized carbons (Fsp3) is 0.407. The molecule has 1 fully saturated rings. The number of benzene rings is 2. The summed E-state index contributed by atoms with van der Waals surface area (Å²) >= 11 is 1.58. The smallest absolute Gasteiger partial charge is 0.222 e. The number of piperazine rings is 1. The van der Waals surface area contributed by atoms with Crippen LogP contribution in [0.2, 0.25) is 0 Å². The summed E-state index contributed by atoms with van der Waals surface area (Å²) in [4.78, 5) is 21.9. The minimum atomic E-state index is 0.258. The number of hydrogen-bond donors (Lipinski definition) is 0. The van der Waals surface area contributed by atoms with Crippen molar-refractivity contribution in [3.8, 4) is 0 Å². The number of aryl methyl sites for hydroxylation is 1. The van der Waals surface area contributed by atoms with Gasteiger partial charge in [0.15, 0.2) is 5.65 Å². The second-order valence-electron chi connectivity index (χ2n) is 9.13. The van der Waals surface area contributed by atoms with Crippen molar-refractivity contribution in [2.45, 2.75) is 38.4 Å². The second-order valence-corrected chi connectivity index (χ2v) is 10.2. The van der Waals surface area contributed by atoms with Gasteiger partial charge in [-0.05, 0) is 31.5 Å². The van der Waals surface area contributed by atoms with Crippen molar-refractivity contribution in [2.24, 2.45) is 0 Å². The van der Waals surface area contributed by atoms with Gasteiger partial charge in [0.05, 0.1) is 5.52 Å². The molecular formula is C27H32N6OS. The number of hydrogen-bond acceptors (Lipinski definition) is 6. The highest BCUT2D eigenvalue weighted by molar-refractivity contribution is 7.99. The number of thioether (sulfide) groups is 1. The van der Waals surface area contributed by atoms with Crippen LogP contribution in [0.15, 0.2) is 53.7 Å². The predicted octanol–water partition coefficient (Wildman–Crippen LogP) is 4.37. The van der Waals surface area contributed by atoms with E-state index in [-0.39, 0.29) is 5.91 Å². The van der Waals surface area contributed by atoms with Crippen LogP contribution in [0.3, 0.4) is 0 Å². The van der Waals surface area contributed by atoms with E-state index < -0.39 is 0 Å². The van der Waals surface area contributed by atoms with Gasteiger partial charge in [0.1, 0.15) is 5.52 Å². The van der Waals surface area contributed by atoms with Gasteiger partial charge in [-0.15, -0.1) is 10.2 Å². The Bertz CT molecular complexity index is 1330. The first-order valence-electron chi connectivity index (χ1n) is 12.4. The van der Waals surface area contributed by atoms with E-state index in [2.05, 4.69) is 76.0 Å². The zero-order valence-electron chi connectivity index (χ0n) is 20.5. The average molecular weight is 489 g/mol. The summed E-state index contributed by atoms with van der Waals surface area (Å²) in [5.41, 5.74) is 5.28. The fourth-order valence-corrected chi connectivity index (χ4v) is 5.48. The lowest BCUT2D eigenvalue weighted by molar-refractivity contribution is -0.132. The highest BCUT2D eigenvalue weighted by atomic mass is 32.2. The number of rotatable bonds is 8. The molecule has 0 atom stereocenters. The molecule has 3 heterocycles. The van der Waals surface area contributed by atoms with Gasteiger partial charge in [0, 0.05) is 50.3 Å². The second kappa shape index (κ2) is 10.7. The van der Waals surface area contributed by atoms with E-state index >= 15 is 0 Å². The number of aromatic nitrogens is 4. The Morgan fingerprint density at radius 1 is 1.03 bits per heavy atom. The number of fused-ring (bicyclic) bond motifs is 3. The molecule has 5 rings (SSSR count). The topological polar surface area (TPSA) is 67.2 Å². The first-order chi connectivity index (χ1) is 17.1. The Kier molecular flexibility index (Phi) is 7.29. The maximum Gasteiger partial charge on any atom is 0.222 e. The van der Waals surface area contributed by atoms with Crippen molar-refractivity contribution in [3.05, 3.63) is 59.7 Å². The van der Waals surface area contributed by atoms with Gasteiger partial charge in [-0.1, -0.05) is 66.7 Å². The van der Waals surface area contributed by atoms with Gasteiger partial charge in [-0.3, -0.25) is 4.79 Å².